The van der Waals surface area contributed by atoms with Crippen LogP contribution in [-0.2, 0) is 4.79 Å². The SMILES string of the molecule is CC(C)(C)C(CCN)CCC(=O)Nc1nccs1. The van der Waals surface area contributed by atoms with Gasteiger partial charge in [0.25, 0.3) is 0 Å². The van der Waals surface area contributed by atoms with Crippen LogP contribution >= 0.6 is 11.3 Å². The normalized spacial score (nSPS) is 13.3. The molecule has 0 bridgehead atoms. The summed E-state index contributed by atoms with van der Waals surface area (Å²) in [6.07, 6.45) is 4.06. The van der Waals surface area contributed by atoms with E-state index in [1.54, 1.807) is 6.20 Å². The van der Waals surface area contributed by atoms with E-state index in [0.29, 0.717) is 24.0 Å². The molecule has 1 unspecified atom stereocenters. The van der Waals surface area contributed by atoms with Gasteiger partial charge in [-0.2, -0.15) is 0 Å². The first kappa shape index (κ1) is 15.1. The summed E-state index contributed by atoms with van der Waals surface area (Å²) in [5.41, 5.74) is 5.83. The van der Waals surface area contributed by atoms with E-state index in [1.807, 2.05) is 5.38 Å². The molecule has 102 valence electrons. The van der Waals surface area contributed by atoms with Gasteiger partial charge in [0, 0.05) is 18.0 Å². The smallest absolute Gasteiger partial charge is 0.226 e. The fourth-order valence-corrected chi connectivity index (χ4v) is 2.53. The maximum atomic E-state index is 11.8. The first-order valence-corrected chi connectivity index (χ1v) is 7.21. The van der Waals surface area contributed by atoms with E-state index in [4.69, 9.17) is 5.73 Å². The maximum Gasteiger partial charge on any atom is 0.226 e. The Morgan fingerprint density at radius 3 is 2.72 bits per heavy atom. The van der Waals surface area contributed by atoms with Crippen LogP contribution in [0, 0.1) is 11.3 Å². The van der Waals surface area contributed by atoms with E-state index in [1.165, 1.54) is 11.3 Å². The molecule has 1 aromatic rings. The van der Waals surface area contributed by atoms with Crippen molar-refractivity contribution in [3.8, 4) is 0 Å². The molecule has 5 heteroatoms. The number of nitrogens with two attached hydrogens (primary N) is 1. The van der Waals surface area contributed by atoms with Gasteiger partial charge >= 0.3 is 0 Å². The standard InChI is InChI=1S/C13H23N3OS/c1-13(2,3)10(6-7-14)4-5-11(17)16-12-15-8-9-18-12/h8-10H,4-7,14H2,1-3H3,(H,15,16,17). The molecule has 4 nitrogen and oxygen atoms in total. The van der Waals surface area contributed by atoms with Crippen molar-refractivity contribution in [2.75, 3.05) is 11.9 Å². The number of hydrogen-bond donors (Lipinski definition) is 2. The van der Waals surface area contributed by atoms with Crippen molar-refractivity contribution in [3.05, 3.63) is 11.6 Å². The zero-order valence-electron chi connectivity index (χ0n) is 11.4. The third kappa shape index (κ3) is 5.14. The lowest BCUT2D eigenvalue weighted by Crippen LogP contribution is -2.25. The summed E-state index contributed by atoms with van der Waals surface area (Å²) in [4.78, 5) is 15.8. The number of rotatable bonds is 6. The number of anilines is 1. The van der Waals surface area contributed by atoms with E-state index >= 15 is 0 Å². The van der Waals surface area contributed by atoms with Crippen molar-refractivity contribution in [3.63, 3.8) is 0 Å². The number of amides is 1. The minimum Gasteiger partial charge on any atom is -0.330 e. The molecule has 1 aromatic heterocycles. The van der Waals surface area contributed by atoms with Crippen LogP contribution in [0.3, 0.4) is 0 Å². The van der Waals surface area contributed by atoms with Crippen LogP contribution in [0.5, 0.6) is 0 Å². The van der Waals surface area contributed by atoms with Gasteiger partial charge in [-0.15, -0.1) is 11.3 Å². The first-order valence-electron chi connectivity index (χ1n) is 6.33. The molecular formula is C13H23N3OS. The molecule has 0 aliphatic heterocycles. The molecule has 0 spiro atoms. The van der Waals surface area contributed by atoms with Crippen LogP contribution in [0.1, 0.15) is 40.0 Å². The second kappa shape index (κ2) is 6.85. The summed E-state index contributed by atoms with van der Waals surface area (Å²) in [7, 11) is 0. The number of carbonyl (C=O) groups is 1. The Morgan fingerprint density at radius 1 is 1.50 bits per heavy atom. The molecule has 0 aliphatic rings. The van der Waals surface area contributed by atoms with Crippen molar-refractivity contribution < 1.29 is 4.79 Å². The van der Waals surface area contributed by atoms with Crippen molar-refractivity contribution in [1.29, 1.82) is 0 Å². The molecular weight excluding hydrogens is 246 g/mol. The number of nitrogens with one attached hydrogen (secondary N) is 1. The highest BCUT2D eigenvalue weighted by atomic mass is 32.1. The van der Waals surface area contributed by atoms with E-state index < -0.39 is 0 Å². The zero-order valence-corrected chi connectivity index (χ0v) is 12.2. The second-order valence-corrected chi connectivity index (χ2v) is 6.46. The van der Waals surface area contributed by atoms with Gasteiger partial charge in [0.1, 0.15) is 0 Å². The summed E-state index contributed by atoms with van der Waals surface area (Å²) >= 11 is 1.44. The van der Waals surface area contributed by atoms with Crippen molar-refractivity contribution >= 4 is 22.4 Å². The van der Waals surface area contributed by atoms with Gasteiger partial charge in [0.05, 0.1) is 0 Å². The van der Waals surface area contributed by atoms with Gasteiger partial charge in [0.15, 0.2) is 5.13 Å². The lowest BCUT2D eigenvalue weighted by atomic mass is 9.76. The van der Waals surface area contributed by atoms with Gasteiger partial charge < -0.3 is 11.1 Å². The van der Waals surface area contributed by atoms with Crippen LogP contribution in [-0.4, -0.2) is 17.4 Å². The van der Waals surface area contributed by atoms with E-state index in [9.17, 15) is 4.79 Å². The number of carbonyl (C=O) groups excluding carboxylic acids is 1. The fourth-order valence-electron chi connectivity index (χ4n) is 1.98. The third-order valence-corrected chi connectivity index (χ3v) is 3.83. The van der Waals surface area contributed by atoms with Crippen molar-refractivity contribution in [1.82, 2.24) is 4.98 Å². The summed E-state index contributed by atoms with van der Waals surface area (Å²) in [5.74, 6) is 0.515. The molecule has 0 aromatic carbocycles. The topological polar surface area (TPSA) is 68.0 Å². The number of hydrogen-bond acceptors (Lipinski definition) is 4. The highest BCUT2D eigenvalue weighted by Crippen LogP contribution is 2.32. The van der Waals surface area contributed by atoms with Crippen molar-refractivity contribution in [2.45, 2.75) is 40.0 Å². The van der Waals surface area contributed by atoms with Crippen LogP contribution in [0.2, 0.25) is 0 Å². The summed E-state index contributed by atoms with van der Waals surface area (Å²) in [5, 5.41) is 5.33. The Hall–Kier alpha value is -0.940. The van der Waals surface area contributed by atoms with Gasteiger partial charge in [-0.1, -0.05) is 20.8 Å². The van der Waals surface area contributed by atoms with Gasteiger partial charge in [0.2, 0.25) is 5.91 Å². The Bertz CT molecular complexity index is 357. The Balaban J connectivity index is 2.40. The molecule has 1 heterocycles. The highest BCUT2D eigenvalue weighted by Gasteiger charge is 2.24. The lowest BCUT2D eigenvalue weighted by molar-refractivity contribution is -0.116. The Labute approximate surface area is 113 Å². The van der Waals surface area contributed by atoms with E-state index in [0.717, 1.165) is 12.8 Å². The predicted octanol–water partition coefficient (Wildman–Crippen LogP) is 2.87. The highest BCUT2D eigenvalue weighted by molar-refractivity contribution is 7.13. The van der Waals surface area contributed by atoms with Crippen molar-refractivity contribution in [2.24, 2.45) is 17.1 Å². The Kier molecular flexibility index (Phi) is 5.75. The molecule has 0 fully saturated rings. The van der Waals surface area contributed by atoms with E-state index in [-0.39, 0.29) is 11.3 Å². The summed E-state index contributed by atoms with van der Waals surface area (Å²) in [6.45, 7) is 7.28. The van der Waals surface area contributed by atoms with Gasteiger partial charge in [-0.05, 0) is 30.7 Å². The summed E-state index contributed by atoms with van der Waals surface area (Å²) < 4.78 is 0. The lowest BCUT2D eigenvalue weighted by Gasteiger charge is -2.30. The molecule has 3 N–H and O–H groups in total. The first-order chi connectivity index (χ1) is 8.43. The quantitative estimate of drug-likeness (QED) is 0.834. The zero-order chi connectivity index (χ0) is 13.6. The molecule has 1 rings (SSSR count). The minimum atomic E-state index is 0.0382. The molecule has 0 saturated carbocycles. The van der Waals surface area contributed by atoms with Crippen LogP contribution in [0.4, 0.5) is 5.13 Å². The average Bonchev–Trinajstić information content (AvgIpc) is 2.75. The number of aromatic nitrogens is 1. The molecule has 0 radical (unpaired) electrons. The summed E-state index contributed by atoms with van der Waals surface area (Å²) in [6, 6.07) is 0. The fraction of sp³-hybridized carbons (Fsp3) is 0.692. The van der Waals surface area contributed by atoms with Gasteiger partial charge in [-0.3, -0.25) is 4.79 Å². The van der Waals surface area contributed by atoms with Crippen LogP contribution in [0.15, 0.2) is 11.6 Å². The Morgan fingerprint density at radius 2 is 2.22 bits per heavy atom. The monoisotopic (exact) mass is 269 g/mol. The number of thiazole rings is 1. The third-order valence-electron chi connectivity index (χ3n) is 3.14. The van der Waals surface area contributed by atoms with Gasteiger partial charge in [-0.25, -0.2) is 4.98 Å². The predicted molar refractivity (Wildman–Crippen MR) is 76.6 cm³/mol. The molecule has 1 amide bonds. The molecule has 0 aliphatic carbocycles. The maximum absolute atomic E-state index is 11.8. The van der Waals surface area contributed by atoms with E-state index in [2.05, 4.69) is 31.1 Å². The number of nitrogens with zero attached hydrogens (tertiary/aromatic N) is 1. The second-order valence-electron chi connectivity index (χ2n) is 5.56. The minimum absolute atomic E-state index is 0.0382. The molecule has 0 saturated heterocycles. The molecule has 1 atom stereocenters. The average molecular weight is 269 g/mol. The van der Waals surface area contributed by atoms with Crippen LogP contribution < -0.4 is 11.1 Å². The molecule has 18 heavy (non-hydrogen) atoms. The van der Waals surface area contributed by atoms with Crippen LogP contribution in [0.25, 0.3) is 0 Å². The largest absolute Gasteiger partial charge is 0.330 e.